The number of nitrogens with zero attached hydrogens (tertiary/aromatic N) is 3. The van der Waals surface area contributed by atoms with Crippen molar-refractivity contribution in [1.82, 2.24) is 9.97 Å². The fourth-order valence-corrected chi connectivity index (χ4v) is 2.56. The van der Waals surface area contributed by atoms with Crippen molar-refractivity contribution in [3.05, 3.63) is 5.28 Å². The van der Waals surface area contributed by atoms with Crippen LogP contribution in [0.3, 0.4) is 0 Å². The molecule has 0 amide bonds. The van der Waals surface area contributed by atoms with Crippen LogP contribution in [0.4, 0.5) is 5.82 Å². The zero-order valence-electron chi connectivity index (χ0n) is 10.4. The van der Waals surface area contributed by atoms with Crippen LogP contribution in [0.1, 0.15) is 12.8 Å². The molecule has 3 aliphatic rings. The molecule has 1 saturated heterocycles. The molecule has 0 aromatic carbocycles. The molecule has 2 aliphatic heterocycles. The highest BCUT2D eigenvalue weighted by molar-refractivity contribution is 6.28. The van der Waals surface area contributed by atoms with Gasteiger partial charge in [0.15, 0.2) is 5.82 Å². The molecular weight excluding hydrogens is 270 g/mol. The lowest BCUT2D eigenvalue weighted by atomic mass is 10.3. The Kier molecular flexibility index (Phi) is 2.50. The van der Waals surface area contributed by atoms with Gasteiger partial charge in [-0.3, -0.25) is 0 Å². The zero-order valence-corrected chi connectivity index (χ0v) is 11.2. The lowest BCUT2D eigenvalue weighted by Crippen LogP contribution is -2.38. The normalized spacial score (nSPS) is 23.5. The van der Waals surface area contributed by atoms with Gasteiger partial charge in [0.1, 0.15) is 12.2 Å². The van der Waals surface area contributed by atoms with Crippen LogP contribution in [0, 0.1) is 0 Å². The Morgan fingerprint density at radius 3 is 2.68 bits per heavy atom. The number of halogens is 1. The lowest BCUT2D eigenvalue weighted by molar-refractivity contribution is 0.0649. The molecule has 1 saturated carbocycles. The number of anilines is 1. The highest BCUT2D eigenvalue weighted by Crippen LogP contribution is 2.49. The molecular formula is C12H14ClN3O3. The lowest BCUT2D eigenvalue weighted by Gasteiger charge is -2.32. The van der Waals surface area contributed by atoms with Crippen molar-refractivity contribution in [2.45, 2.75) is 18.4 Å². The largest absolute Gasteiger partial charge is 0.481 e. The minimum Gasteiger partial charge on any atom is -0.481 e. The predicted molar refractivity (Wildman–Crippen MR) is 68.2 cm³/mol. The van der Waals surface area contributed by atoms with Crippen molar-refractivity contribution >= 4 is 17.4 Å². The van der Waals surface area contributed by atoms with Gasteiger partial charge < -0.3 is 19.1 Å². The summed E-state index contributed by atoms with van der Waals surface area (Å²) in [5, 5.41) is 0.196. The van der Waals surface area contributed by atoms with Gasteiger partial charge in [0, 0.05) is 13.1 Å². The fourth-order valence-electron chi connectivity index (χ4n) is 2.40. The van der Waals surface area contributed by atoms with Crippen LogP contribution < -0.4 is 14.4 Å². The summed E-state index contributed by atoms with van der Waals surface area (Å²) in [6.07, 6.45) is 2.03. The topological polar surface area (TPSA) is 56.7 Å². The first-order chi connectivity index (χ1) is 9.26. The maximum absolute atomic E-state index is 6.00. The minimum atomic E-state index is -0.160. The van der Waals surface area contributed by atoms with E-state index >= 15 is 0 Å². The smallest absolute Gasteiger partial charge is 0.264 e. The van der Waals surface area contributed by atoms with Crippen LogP contribution >= 0.6 is 11.6 Å². The van der Waals surface area contributed by atoms with E-state index in [0.717, 1.165) is 25.9 Å². The second kappa shape index (κ2) is 4.11. The molecule has 0 unspecified atom stereocenters. The molecule has 2 fully saturated rings. The van der Waals surface area contributed by atoms with E-state index < -0.39 is 0 Å². The Bertz CT molecular complexity index is 515. The number of rotatable bonds is 1. The highest BCUT2D eigenvalue weighted by Gasteiger charge is 2.50. The summed E-state index contributed by atoms with van der Waals surface area (Å²) in [7, 11) is 0. The van der Waals surface area contributed by atoms with E-state index in [-0.39, 0.29) is 10.9 Å². The van der Waals surface area contributed by atoms with Crippen molar-refractivity contribution in [2.75, 3.05) is 37.8 Å². The molecule has 1 spiro atoms. The van der Waals surface area contributed by atoms with Gasteiger partial charge >= 0.3 is 0 Å². The maximum Gasteiger partial charge on any atom is 0.264 e. The molecule has 102 valence electrons. The molecule has 0 bridgehead atoms. The third-order valence-corrected chi connectivity index (χ3v) is 3.87. The molecule has 0 N–H and O–H groups in total. The first-order valence-electron chi connectivity index (χ1n) is 6.48. The van der Waals surface area contributed by atoms with E-state index in [2.05, 4.69) is 14.9 Å². The summed E-state index contributed by atoms with van der Waals surface area (Å²) in [5.74, 6) is 1.81. The predicted octanol–water partition coefficient (Wildman–Crippen LogP) is 1.27. The summed E-state index contributed by atoms with van der Waals surface area (Å²) in [6.45, 7) is 3.48. The van der Waals surface area contributed by atoms with E-state index in [9.17, 15) is 0 Å². The molecule has 1 aliphatic carbocycles. The molecule has 1 aromatic heterocycles. The van der Waals surface area contributed by atoms with E-state index in [4.69, 9.17) is 25.8 Å². The van der Waals surface area contributed by atoms with Crippen LogP contribution in [0.5, 0.6) is 11.6 Å². The first-order valence-corrected chi connectivity index (χ1v) is 6.86. The van der Waals surface area contributed by atoms with Gasteiger partial charge in [-0.05, 0) is 24.4 Å². The second-order valence-electron chi connectivity index (χ2n) is 5.12. The Labute approximate surface area is 115 Å². The van der Waals surface area contributed by atoms with Gasteiger partial charge in [-0.25, -0.2) is 0 Å². The van der Waals surface area contributed by atoms with Gasteiger partial charge in [0.25, 0.3) is 5.88 Å². The fraction of sp³-hybridized carbons (Fsp3) is 0.667. The highest BCUT2D eigenvalue weighted by atomic mass is 35.5. The standard InChI is InChI=1S/C12H14ClN3O3/c13-11-14-9(16-3-5-17-6-4-16)8-10(15-11)19-12(1-2-12)7-18-8/h1-7H2. The molecule has 6 nitrogen and oxygen atoms in total. The summed E-state index contributed by atoms with van der Waals surface area (Å²) in [5.41, 5.74) is -0.160. The van der Waals surface area contributed by atoms with Gasteiger partial charge in [0.2, 0.25) is 11.0 Å². The molecule has 7 heteroatoms. The Morgan fingerprint density at radius 1 is 1.16 bits per heavy atom. The third-order valence-electron chi connectivity index (χ3n) is 3.70. The average Bonchev–Trinajstić information content (AvgIpc) is 3.17. The summed E-state index contributed by atoms with van der Waals surface area (Å²) < 4.78 is 17.1. The van der Waals surface area contributed by atoms with Crippen LogP contribution in [0.2, 0.25) is 5.28 Å². The number of aromatic nitrogens is 2. The Balaban J connectivity index is 1.72. The Morgan fingerprint density at radius 2 is 1.95 bits per heavy atom. The van der Waals surface area contributed by atoms with E-state index in [1.54, 1.807) is 0 Å². The van der Waals surface area contributed by atoms with Gasteiger partial charge in [-0.15, -0.1) is 0 Å². The maximum atomic E-state index is 6.00. The van der Waals surface area contributed by atoms with Crippen LogP contribution in [-0.4, -0.2) is 48.5 Å². The van der Waals surface area contributed by atoms with Crippen molar-refractivity contribution in [3.63, 3.8) is 0 Å². The monoisotopic (exact) mass is 283 g/mol. The second-order valence-corrected chi connectivity index (χ2v) is 5.46. The molecule has 0 radical (unpaired) electrons. The number of fused-ring (bicyclic) bond motifs is 1. The Hall–Kier alpha value is -1.27. The van der Waals surface area contributed by atoms with Crippen LogP contribution in [-0.2, 0) is 4.74 Å². The summed E-state index contributed by atoms with van der Waals surface area (Å²) >= 11 is 6.00. The number of hydrogen-bond donors (Lipinski definition) is 0. The van der Waals surface area contributed by atoms with E-state index in [1.807, 2.05) is 0 Å². The number of ether oxygens (including phenoxy) is 3. The minimum absolute atomic E-state index is 0.160. The van der Waals surface area contributed by atoms with Crippen LogP contribution in [0.25, 0.3) is 0 Å². The zero-order chi connectivity index (χ0) is 12.9. The molecule has 0 atom stereocenters. The van der Waals surface area contributed by atoms with Crippen molar-refractivity contribution in [1.29, 1.82) is 0 Å². The molecule has 1 aromatic rings. The van der Waals surface area contributed by atoms with E-state index in [1.165, 1.54) is 0 Å². The quantitative estimate of drug-likeness (QED) is 0.724. The third kappa shape index (κ3) is 1.99. The first kappa shape index (κ1) is 11.5. The van der Waals surface area contributed by atoms with Crippen molar-refractivity contribution in [2.24, 2.45) is 0 Å². The van der Waals surface area contributed by atoms with Crippen LogP contribution in [0.15, 0.2) is 0 Å². The van der Waals surface area contributed by atoms with Gasteiger partial charge in [-0.1, -0.05) is 0 Å². The van der Waals surface area contributed by atoms with Gasteiger partial charge in [0.05, 0.1) is 13.2 Å². The SMILES string of the molecule is Clc1nc2c(c(N3CCOCC3)n1)OCC1(CC1)O2. The molecule has 4 rings (SSSR count). The number of hydrogen-bond acceptors (Lipinski definition) is 6. The molecule has 19 heavy (non-hydrogen) atoms. The van der Waals surface area contributed by atoms with Crippen molar-refractivity contribution < 1.29 is 14.2 Å². The average molecular weight is 284 g/mol. The van der Waals surface area contributed by atoms with E-state index in [0.29, 0.717) is 37.3 Å². The van der Waals surface area contributed by atoms with Gasteiger partial charge in [-0.2, -0.15) is 9.97 Å². The molecule has 3 heterocycles. The van der Waals surface area contributed by atoms with Crippen molar-refractivity contribution in [3.8, 4) is 11.6 Å². The number of morpholine rings is 1. The summed E-state index contributed by atoms with van der Waals surface area (Å²) in [6, 6.07) is 0. The summed E-state index contributed by atoms with van der Waals surface area (Å²) in [4.78, 5) is 10.6.